The highest BCUT2D eigenvalue weighted by Gasteiger charge is 2.34. The monoisotopic (exact) mass is 352 g/mol. The minimum Gasteiger partial charge on any atom is -0.391 e. The van der Waals surface area contributed by atoms with Gasteiger partial charge >= 0.3 is 0 Å². The molecule has 8 heteroatoms. The van der Waals surface area contributed by atoms with Crippen LogP contribution in [-0.4, -0.2) is 47.5 Å². The molecule has 0 saturated heterocycles. The van der Waals surface area contributed by atoms with Gasteiger partial charge in [-0.25, -0.2) is 14.6 Å². The number of aliphatic hydroxyl groups excluding tert-OH is 1. The number of carbonyl (C=O) groups excluding carboxylic acids is 1. The molecule has 3 aromatic rings. The van der Waals surface area contributed by atoms with Gasteiger partial charge in [-0.3, -0.25) is 4.79 Å². The van der Waals surface area contributed by atoms with Gasteiger partial charge < -0.3 is 15.0 Å². The van der Waals surface area contributed by atoms with Crippen molar-refractivity contribution in [1.29, 1.82) is 0 Å². The highest BCUT2D eigenvalue weighted by molar-refractivity contribution is 5.94. The fourth-order valence-electron chi connectivity index (χ4n) is 3.47. The van der Waals surface area contributed by atoms with Crippen molar-refractivity contribution < 1.29 is 9.90 Å². The van der Waals surface area contributed by atoms with Crippen molar-refractivity contribution in [3.63, 3.8) is 0 Å². The van der Waals surface area contributed by atoms with E-state index in [1.54, 1.807) is 35.7 Å². The number of rotatable bonds is 5. The van der Waals surface area contributed by atoms with Crippen molar-refractivity contribution in [3.8, 4) is 5.69 Å². The standard InChI is InChI=1S/C18H20N6O2/c25-17-8-13(9-23-6-5-19-11-23)7-16(17)22-18(26)14-1-3-15(4-2-14)24-12-20-10-21-24/h1-6,10-13,16-17,25H,7-9H2,(H,22,26)/t13?,16-,17-/m1/s1. The molecule has 4 rings (SSSR count). The number of carbonyl (C=O) groups is 1. The molecule has 3 atom stereocenters. The molecular weight excluding hydrogens is 332 g/mol. The maximum Gasteiger partial charge on any atom is 0.251 e. The van der Waals surface area contributed by atoms with Crippen LogP contribution in [0.1, 0.15) is 23.2 Å². The van der Waals surface area contributed by atoms with Crippen molar-refractivity contribution in [2.45, 2.75) is 31.5 Å². The quantitative estimate of drug-likeness (QED) is 0.715. The van der Waals surface area contributed by atoms with E-state index >= 15 is 0 Å². The van der Waals surface area contributed by atoms with Crippen molar-refractivity contribution in [3.05, 3.63) is 61.2 Å². The Labute approximate surface area is 150 Å². The summed E-state index contributed by atoms with van der Waals surface area (Å²) in [5, 5.41) is 17.3. The third-order valence-corrected chi connectivity index (χ3v) is 4.78. The Bertz CT molecular complexity index is 844. The summed E-state index contributed by atoms with van der Waals surface area (Å²) in [6.45, 7) is 0.802. The van der Waals surface area contributed by atoms with Crippen LogP contribution in [0.5, 0.6) is 0 Å². The molecule has 8 nitrogen and oxygen atoms in total. The van der Waals surface area contributed by atoms with Crippen LogP contribution in [0.25, 0.3) is 5.69 Å². The van der Waals surface area contributed by atoms with Gasteiger partial charge in [0.25, 0.3) is 5.91 Å². The number of nitrogens with zero attached hydrogens (tertiary/aromatic N) is 5. The van der Waals surface area contributed by atoms with Gasteiger partial charge in [0.2, 0.25) is 0 Å². The molecule has 0 spiro atoms. The summed E-state index contributed by atoms with van der Waals surface area (Å²) in [4.78, 5) is 20.4. The number of amides is 1. The molecule has 2 aromatic heterocycles. The van der Waals surface area contributed by atoms with E-state index in [1.165, 1.54) is 6.33 Å². The van der Waals surface area contributed by atoms with Crippen molar-refractivity contribution in [1.82, 2.24) is 29.6 Å². The molecule has 134 valence electrons. The first-order valence-electron chi connectivity index (χ1n) is 8.59. The van der Waals surface area contributed by atoms with Crippen LogP contribution >= 0.6 is 0 Å². The maximum atomic E-state index is 12.5. The van der Waals surface area contributed by atoms with Crippen LogP contribution in [0.3, 0.4) is 0 Å². The summed E-state index contributed by atoms with van der Waals surface area (Å²) in [6.07, 6.45) is 9.39. The lowest BCUT2D eigenvalue weighted by Gasteiger charge is -2.16. The van der Waals surface area contributed by atoms with Gasteiger partial charge in [-0.05, 0) is 43.0 Å². The van der Waals surface area contributed by atoms with Gasteiger partial charge in [-0.15, -0.1) is 0 Å². The van der Waals surface area contributed by atoms with E-state index in [-0.39, 0.29) is 11.9 Å². The van der Waals surface area contributed by atoms with Gasteiger partial charge in [0.05, 0.1) is 24.2 Å². The zero-order valence-electron chi connectivity index (χ0n) is 14.1. The Hall–Kier alpha value is -3.00. The molecule has 1 amide bonds. The smallest absolute Gasteiger partial charge is 0.251 e. The van der Waals surface area contributed by atoms with Gasteiger partial charge in [0.15, 0.2) is 0 Å². The fourth-order valence-corrected chi connectivity index (χ4v) is 3.47. The van der Waals surface area contributed by atoms with E-state index in [9.17, 15) is 9.90 Å². The first-order valence-corrected chi connectivity index (χ1v) is 8.59. The van der Waals surface area contributed by atoms with Crippen molar-refractivity contribution in [2.75, 3.05) is 0 Å². The molecule has 0 radical (unpaired) electrons. The first-order chi connectivity index (χ1) is 12.7. The molecule has 1 unspecified atom stereocenters. The zero-order valence-corrected chi connectivity index (χ0v) is 14.1. The van der Waals surface area contributed by atoms with Gasteiger partial charge in [-0.1, -0.05) is 0 Å². The average molecular weight is 352 g/mol. The molecule has 1 aliphatic rings. The van der Waals surface area contributed by atoms with Crippen LogP contribution in [0.4, 0.5) is 0 Å². The van der Waals surface area contributed by atoms with Crippen LogP contribution < -0.4 is 5.32 Å². The van der Waals surface area contributed by atoms with E-state index in [4.69, 9.17) is 0 Å². The number of hydrogen-bond donors (Lipinski definition) is 2. The Balaban J connectivity index is 1.37. The predicted molar refractivity (Wildman–Crippen MR) is 93.6 cm³/mol. The maximum absolute atomic E-state index is 12.5. The van der Waals surface area contributed by atoms with E-state index in [1.807, 2.05) is 22.9 Å². The van der Waals surface area contributed by atoms with Crippen molar-refractivity contribution in [2.24, 2.45) is 5.92 Å². The Morgan fingerprint density at radius 1 is 1.19 bits per heavy atom. The second kappa shape index (κ2) is 7.09. The summed E-state index contributed by atoms with van der Waals surface area (Å²) in [5.41, 5.74) is 1.39. The number of nitrogens with one attached hydrogen (secondary N) is 1. The Morgan fingerprint density at radius 2 is 2.04 bits per heavy atom. The number of hydrogen-bond acceptors (Lipinski definition) is 5. The Kier molecular flexibility index (Phi) is 4.49. The van der Waals surface area contributed by atoms with Gasteiger partial charge in [0, 0.05) is 24.5 Å². The van der Waals surface area contributed by atoms with Crippen LogP contribution in [0, 0.1) is 5.92 Å². The topological polar surface area (TPSA) is 97.9 Å². The number of imidazole rings is 1. The summed E-state index contributed by atoms with van der Waals surface area (Å²) in [6, 6.07) is 6.89. The van der Waals surface area contributed by atoms with Crippen LogP contribution in [0.2, 0.25) is 0 Å². The second-order valence-corrected chi connectivity index (χ2v) is 6.63. The summed E-state index contributed by atoms with van der Waals surface area (Å²) in [5.74, 6) is 0.140. The van der Waals surface area contributed by atoms with Gasteiger partial charge in [-0.2, -0.15) is 5.10 Å². The Morgan fingerprint density at radius 3 is 2.73 bits per heavy atom. The second-order valence-electron chi connectivity index (χ2n) is 6.63. The molecule has 1 aromatic carbocycles. The first kappa shape index (κ1) is 16.5. The highest BCUT2D eigenvalue weighted by Crippen LogP contribution is 2.27. The number of aromatic nitrogens is 5. The third-order valence-electron chi connectivity index (χ3n) is 4.78. The SMILES string of the molecule is O=C(N[C@@H]1CC(Cn2ccnc2)C[C@H]1O)c1ccc(-n2cncn2)cc1. The average Bonchev–Trinajstić information content (AvgIpc) is 3.39. The minimum atomic E-state index is -0.526. The minimum absolute atomic E-state index is 0.178. The normalized spacial score (nSPS) is 22.4. The molecule has 2 N–H and O–H groups in total. The van der Waals surface area contributed by atoms with Gasteiger partial charge in [0.1, 0.15) is 12.7 Å². The lowest BCUT2D eigenvalue weighted by Crippen LogP contribution is -2.39. The lowest BCUT2D eigenvalue weighted by atomic mass is 10.1. The van der Waals surface area contributed by atoms with Crippen LogP contribution in [0.15, 0.2) is 55.6 Å². The molecule has 2 heterocycles. The van der Waals surface area contributed by atoms with Crippen LogP contribution in [-0.2, 0) is 6.54 Å². The van der Waals surface area contributed by atoms with E-state index in [0.717, 1.165) is 18.7 Å². The molecular formula is C18H20N6O2. The summed E-state index contributed by atoms with van der Waals surface area (Å²) in [7, 11) is 0. The number of benzene rings is 1. The van der Waals surface area contributed by atoms with E-state index in [2.05, 4.69) is 20.4 Å². The largest absolute Gasteiger partial charge is 0.391 e. The highest BCUT2D eigenvalue weighted by atomic mass is 16.3. The van der Waals surface area contributed by atoms with E-state index in [0.29, 0.717) is 17.9 Å². The molecule has 1 fully saturated rings. The fraction of sp³-hybridized carbons (Fsp3) is 0.333. The molecule has 1 saturated carbocycles. The predicted octanol–water partition coefficient (Wildman–Crippen LogP) is 1.03. The summed E-state index contributed by atoms with van der Waals surface area (Å²) >= 11 is 0. The third kappa shape index (κ3) is 3.50. The molecule has 0 bridgehead atoms. The van der Waals surface area contributed by atoms with E-state index < -0.39 is 6.10 Å². The molecule has 0 aliphatic heterocycles. The molecule has 1 aliphatic carbocycles. The van der Waals surface area contributed by atoms with Crippen molar-refractivity contribution >= 4 is 5.91 Å². The molecule has 26 heavy (non-hydrogen) atoms. The number of aliphatic hydroxyl groups is 1. The summed E-state index contributed by atoms with van der Waals surface area (Å²) < 4.78 is 3.63. The lowest BCUT2D eigenvalue weighted by molar-refractivity contribution is 0.0873. The zero-order chi connectivity index (χ0) is 17.9.